The Morgan fingerprint density at radius 2 is 1.95 bits per heavy atom. The van der Waals surface area contributed by atoms with Gasteiger partial charge in [-0.3, -0.25) is 0 Å². The summed E-state index contributed by atoms with van der Waals surface area (Å²) in [4.78, 5) is 0. The minimum Gasteiger partial charge on any atom is -0.388 e. The Labute approximate surface area is 132 Å². The zero-order valence-electron chi connectivity index (χ0n) is 11.2. The number of rotatable bonds is 4. The predicted octanol–water partition coefficient (Wildman–Crippen LogP) is 4.19. The van der Waals surface area contributed by atoms with E-state index < -0.39 is 6.10 Å². The molecule has 0 aliphatic heterocycles. The molecule has 0 bridgehead atoms. The number of aliphatic hydroxyl groups excluding tert-OH is 1. The quantitative estimate of drug-likeness (QED) is 0.865. The Bertz CT molecular complexity index is 603. The van der Waals surface area contributed by atoms with Crippen LogP contribution in [0, 0.1) is 6.92 Å². The van der Waals surface area contributed by atoms with Crippen LogP contribution in [0.2, 0.25) is 5.02 Å². The van der Waals surface area contributed by atoms with E-state index in [4.69, 9.17) is 17.3 Å². The molecule has 0 radical (unpaired) electrons. The van der Waals surface area contributed by atoms with Crippen molar-refractivity contribution in [3.63, 3.8) is 0 Å². The molecule has 2 unspecified atom stereocenters. The summed E-state index contributed by atoms with van der Waals surface area (Å²) >= 11 is 9.64. The minimum absolute atomic E-state index is 0.179. The first kappa shape index (κ1) is 15.5. The number of aliphatic hydroxyl groups is 1. The first-order chi connectivity index (χ1) is 9.54. The molecule has 2 atom stereocenters. The van der Waals surface area contributed by atoms with E-state index in [1.165, 1.54) is 0 Å². The van der Waals surface area contributed by atoms with Gasteiger partial charge in [0, 0.05) is 22.5 Å². The Morgan fingerprint density at radius 3 is 2.60 bits per heavy atom. The molecular weight excluding hydrogens is 338 g/mol. The van der Waals surface area contributed by atoms with Gasteiger partial charge in [0.15, 0.2) is 0 Å². The van der Waals surface area contributed by atoms with Crippen LogP contribution in [0.15, 0.2) is 46.9 Å². The molecule has 0 spiro atoms. The number of hydrogen-bond donors (Lipinski definition) is 2. The molecule has 2 nitrogen and oxygen atoms in total. The molecule has 0 aliphatic rings. The molecule has 106 valence electrons. The molecule has 0 amide bonds. The second-order valence-corrected chi connectivity index (χ2v) is 6.08. The van der Waals surface area contributed by atoms with Gasteiger partial charge < -0.3 is 10.8 Å². The molecule has 20 heavy (non-hydrogen) atoms. The van der Waals surface area contributed by atoms with Crippen molar-refractivity contribution in [2.75, 3.05) is 6.54 Å². The van der Waals surface area contributed by atoms with E-state index in [2.05, 4.69) is 15.9 Å². The lowest BCUT2D eigenvalue weighted by Gasteiger charge is -2.23. The van der Waals surface area contributed by atoms with Crippen LogP contribution in [-0.4, -0.2) is 11.7 Å². The van der Waals surface area contributed by atoms with Gasteiger partial charge in [-0.15, -0.1) is 0 Å². The highest BCUT2D eigenvalue weighted by molar-refractivity contribution is 9.10. The van der Waals surface area contributed by atoms with E-state index in [0.717, 1.165) is 15.6 Å². The van der Waals surface area contributed by atoms with E-state index in [1.807, 2.05) is 49.4 Å². The van der Waals surface area contributed by atoms with Crippen LogP contribution >= 0.6 is 27.5 Å². The van der Waals surface area contributed by atoms with Gasteiger partial charge in [0.05, 0.1) is 11.1 Å². The van der Waals surface area contributed by atoms with E-state index in [-0.39, 0.29) is 5.92 Å². The lowest BCUT2D eigenvalue weighted by atomic mass is 9.88. The molecule has 2 aromatic carbocycles. The second-order valence-electron chi connectivity index (χ2n) is 4.84. The fourth-order valence-electron chi connectivity index (χ4n) is 2.31. The van der Waals surface area contributed by atoms with Crippen molar-refractivity contribution in [2.45, 2.75) is 18.9 Å². The van der Waals surface area contributed by atoms with Crippen LogP contribution in [0.25, 0.3) is 0 Å². The zero-order valence-corrected chi connectivity index (χ0v) is 13.5. The second kappa shape index (κ2) is 6.72. The number of nitrogens with two attached hydrogens (primary N) is 1. The summed E-state index contributed by atoms with van der Waals surface area (Å²) in [6.07, 6.45) is -0.730. The normalized spacial score (nSPS) is 14.1. The van der Waals surface area contributed by atoms with Crippen LogP contribution in [-0.2, 0) is 0 Å². The summed E-state index contributed by atoms with van der Waals surface area (Å²) in [6.45, 7) is 2.38. The highest BCUT2D eigenvalue weighted by atomic mass is 79.9. The number of benzene rings is 2. The predicted molar refractivity (Wildman–Crippen MR) is 87.1 cm³/mol. The summed E-state index contributed by atoms with van der Waals surface area (Å²) in [6, 6.07) is 13.6. The smallest absolute Gasteiger partial charge is 0.0885 e. The molecule has 3 N–H and O–H groups in total. The molecule has 0 heterocycles. The third kappa shape index (κ3) is 3.23. The van der Waals surface area contributed by atoms with Gasteiger partial charge in [-0.25, -0.2) is 0 Å². The Balaban J connectivity index is 2.39. The largest absolute Gasteiger partial charge is 0.388 e. The van der Waals surface area contributed by atoms with Crippen LogP contribution in [0.4, 0.5) is 0 Å². The van der Waals surface area contributed by atoms with Gasteiger partial charge in [-0.05, 0) is 34.5 Å². The van der Waals surface area contributed by atoms with Gasteiger partial charge in [-0.1, -0.05) is 53.6 Å². The van der Waals surface area contributed by atoms with Gasteiger partial charge in [0.1, 0.15) is 0 Å². The van der Waals surface area contributed by atoms with Crippen LogP contribution in [0.1, 0.15) is 28.7 Å². The number of aryl methyl sites for hydroxylation is 1. The lowest BCUT2D eigenvalue weighted by molar-refractivity contribution is 0.147. The van der Waals surface area contributed by atoms with Crippen molar-refractivity contribution in [3.8, 4) is 0 Å². The van der Waals surface area contributed by atoms with E-state index in [0.29, 0.717) is 17.1 Å². The van der Waals surface area contributed by atoms with Crippen LogP contribution < -0.4 is 5.73 Å². The molecular formula is C16H17BrClNO. The minimum atomic E-state index is -0.730. The third-order valence-corrected chi connectivity index (χ3v) is 4.72. The fraction of sp³-hybridized carbons (Fsp3) is 0.250. The summed E-state index contributed by atoms with van der Waals surface area (Å²) in [7, 11) is 0. The Kier molecular flexibility index (Phi) is 5.22. The van der Waals surface area contributed by atoms with Crippen LogP contribution in [0.3, 0.4) is 0 Å². The molecule has 2 aromatic rings. The molecule has 0 fully saturated rings. The summed E-state index contributed by atoms with van der Waals surface area (Å²) < 4.78 is 0.774. The van der Waals surface area contributed by atoms with Crippen LogP contribution in [0.5, 0.6) is 0 Å². The first-order valence-electron chi connectivity index (χ1n) is 6.43. The monoisotopic (exact) mass is 353 g/mol. The standard InChI is InChI=1S/C16H17BrClNO/c1-10-4-2-5-11(8-10)13(9-19)16(20)12-6-3-7-14(17)15(12)18/h2-8,13,16,20H,9,19H2,1H3. The fourth-order valence-corrected chi connectivity index (χ4v) is 2.93. The first-order valence-corrected chi connectivity index (χ1v) is 7.60. The molecule has 0 saturated heterocycles. The molecule has 2 rings (SSSR count). The highest BCUT2D eigenvalue weighted by Crippen LogP contribution is 2.37. The maximum absolute atomic E-state index is 10.6. The number of halogens is 2. The van der Waals surface area contributed by atoms with Gasteiger partial charge >= 0.3 is 0 Å². The molecule has 0 aliphatic carbocycles. The van der Waals surface area contributed by atoms with E-state index in [9.17, 15) is 5.11 Å². The van der Waals surface area contributed by atoms with Crippen molar-refractivity contribution < 1.29 is 5.11 Å². The average molecular weight is 355 g/mol. The molecule has 0 saturated carbocycles. The van der Waals surface area contributed by atoms with Crippen molar-refractivity contribution in [3.05, 3.63) is 68.7 Å². The maximum atomic E-state index is 10.6. The maximum Gasteiger partial charge on any atom is 0.0885 e. The molecule has 0 aromatic heterocycles. The summed E-state index contributed by atoms with van der Waals surface area (Å²) in [5.74, 6) is -0.179. The zero-order chi connectivity index (χ0) is 14.7. The van der Waals surface area contributed by atoms with Crippen molar-refractivity contribution >= 4 is 27.5 Å². The SMILES string of the molecule is Cc1cccc(C(CN)C(O)c2cccc(Br)c2Cl)c1. The lowest BCUT2D eigenvalue weighted by Crippen LogP contribution is -2.20. The van der Waals surface area contributed by atoms with Crippen molar-refractivity contribution in [1.82, 2.24) is 0 Å². The Morgan fingerprint density at radius 1 is 1.25 bits per heavy atom. The topological polar surface area (TPSA) is 46.2 Å². The van der Waals surface area contributed by atoms with Crippen molar-refractivity contribution in [2.24, 2.45) is 5.73 Å². The van der Waals surface area contributed by atoms with E-state index in [1.54, 1.807) is 0 Å². The van der Waals surface area contributed by atoms with Gasteiger partial charge in [-0.2, -0.15) is 0 Å². The van der Waals surface area contributed by atoms with Crippen molar-refractivity contribution in [1.29, 1.82) is 0 Å². The number of hydrogen-bond acceptors (Lipinski definition) is 2. The Hall–Kier alpha value is -0.870. The molecule has 4 heteroatoms. The summed E-state index contributed by atoms with van der Waals surface area (Å²) in [5.41, 5.74) is 8.73. The van der Waals surface area contributed by atoms with E-state index >= 15 is 0 Å². The highest BCUT2D eigenvalue weighted by Gasteiger charge is 2.24. The summed E-state index contributed by atoms with van der Waals surface area (Å²) in [5, 5.41) is 11.2. The third-order valence-electron chi connectivity index (χ3n) is 3.41. The average Bonchev–Trinajstić information content (AvgIpc) is 2.42. The van der Waals surface area contributed by atoms with Gasteiger partial charge in [0.2, 0.25) is 0 Å². The van der Waals surface area contributed by atoms with Gasteiger partial charge in [0.25, 0.3) is 0 Å².